The Kier molecular flexibility index (Phi) is 4.74. The molecule has 1 heterocycles. The van der Waals surface area contributed by atoms with Crippen LogP contribution in [0.4, 0.5) is 0 Å². The highest BCUT2D eigenvalue weighted by Gasteiger charge is 1.95. The van der Waals surface area contributed by atoms with E-state index in [2.05, 4.69) is 49.0 Å². The Labute approximate surface area is 87.3 Å². The molecule has 0 spiro atoms. The summed E-state index contributed by atoms with van der Waals surface area (Å²) in [4.78, 5) is 0. The molecule has 0 saturated carbocycles. The van der Waals surface area contributed by atoms with Crippen LogP contribution in [0.15, 0.2) is 18.3 Å². The summed E-state index contributed by atoms with van der Waals surface area (Å²) in [5, 5.41) is 3.43. The lowest BCUT2D eigenvalue weighted by atomic mass is 10.3. The number of rotatable bonds is 6. The molecule has 0 aliphatic rings. The molecule has 1 rings (SSSR count). The quantitative estimate of drug-likeness (QED) is 0.689. The fourth-order valence-corrected chi connectivity index (χ4v) is 1.55. The molecule has 0 saturated heterocycles. The third kappa shape index (κ3) is 3.97. The lowest BCUT2D eigenvalue weighted by molar-refractivity contribution is 0.529. The second-order valence-corrected chi connectivity index (χ2v) is 4.16. The molecule has 1 N–H and O–H groups in total. The average Bonchev–Trinajstić information content (AvgIpc) is 2.51. The van der Waals surface area contributed by atoms with Gasteiger partial charge < -0.3 is 9.88 Å². The number of hydrogen-bond acceptors (Lipinski definition) is 1. The Hall–Kier alpha value is -0.760. The van der Waals surface area contributed by atoms with Crippen molar-refractivity contribution in [2.24, 2.45) is 0 Å². The first-order valence-corrected chi connectivity index (χ1v) is 5.55. The summed E-state index contributed by atoms with van der Waals surface area (Å²) in [5.41, 5.74) is 1.36. The largest absolute Gasteiger partial charge is 0.352 e. The molecular weight excluding hydrogens is 172 g/mol. The monoisotopic (exact) mass is 194 g/mol. The molecule has 0 fully saturated rings. The zero-order valence-electron chi connectivity index (χ0n) is 9.59. The first-order chi connectivity index (χ1) is 6.70. The number of nitrogens with one attached hydrogen (secondary N) is 1. The van der Waals surface area contributed by atoms with Crippen LogP contribution in [-0.2, 0) is 6.54 Å². The first kappa shape index (κ1) is 11.3. The summed E-state index contributed by atoms with van der Waals surface area (Å²) in [6, 6.07) is 4.89. The van der Waals surface area contributed by atoms with E-state index in [9.17, 15) is 0 Å². The van der Waals surface area contributed by atoms with Gasteiger partial charge in [-0.3, -0.25) is 0 Å². The minimum atomic E-state index is 0.614. The van der Waals surface area contributed by atoms with Gasteiger partial charge in [-0.15, -0.1) is 0 Å². The minimum absolute atomic E-state index is 0.614. The molecule has 1 aromatic rings. The molecule has 14 heavy (non-hydrogen) atoms. The molecule has 0 aromatic carbocycles. The van der Waals surface area contributed by atoms with E-state index in [4.69, 9.17) is 0 Å². The second kappa shape index (κ2) is 5.86. The van der Waals surface area contributed by atoms with Gasteiger partial charge in [0.2, 0.25) is 0 Å². The summed E-state index contributed by atoms with van der Waals surface area (Å²) in [7, 11) is 0. The van der Waals surface area contributed by atoms with E-state index in [-0.39, 0.29) is 0 Å². The number of aromatic nitrogens is 1. The van der Waals surface area contributed by atoms with Crippen molar-refractivity contribution in [2.75, 3.05) is 6.54 Å². The van der Waals surface area contributed by atoms with Gasteiger partial charge in [-0.1, -0.05) is 13.8 Å². The van der Waals surface area contributed by atoms with Crippen LogP contribution in [0.25, 0.3) is 0 Å². The van der Waals surface area contributed by atoms with Crippen molar-refractivity contribution in [3.63, 3.8) is 0 Å². The van der Waals surface area contributed by atoms with Crippen LogP contribution in [0, 0.1) is 6.92 Å². The number of nitrogens with zero attached hydrogens (tertiary/aromatic N) is 1. The van der Waals surface area contributed by atoms with E-state index in [0.717, 1.165) is 13.1 Å². The smallest absolute Gasteiger partial charge is 0.0222 e. The van der Waals surface area contributed by atoms with Crippen LogP contribution < -0.4 is 5.32 Å². The van der Waals surface area contributed by atoms with E-state index in [1.807, 2.05) is 0 Å². The molecule has 2 heteroatoms. The predicted molar refractivity (Wildman–Crippen MR) is 61.5 cm³/mol. The third-order valence-corrected chi connectivity index (χ3v) is 2.43. The van der Waals surface area contributed by atoms with Crippen LogP contribution >= 0.6 is 0 Å². The summed E-state index contributed by atoms with van der Waals surface area (Å²) in [6.45, 7) is 8.83. The van der Waals surface area contributed by atoms with Gasteiger partial charge in [0.05, 0.1) is 0 Å². The minimum Gasteiger partial charge on any atom is -0.352 e. The average molecular weight is 194 g/mol. The van der Waals surface area contributed by atoms with Crippen LogP contribution in [0.3, 0.4) is 0 Å². The van der Waals surface area contributed by atoms with Gasteiger partial charge in [0.15, 0.2) is 0 Å². The Balaban J connectivity index is 2.08. The van der Waals surface area contributed by atoms with Gasteiger partial charge >= 0.3 is 0 Å². The van der Waals surface area contributed by atoms with Crippen LogP contribution in [0.5, 0.6) is 0 Å². The summed E-state index contributed by atoms with van der Waals surface area (Å²) < 4.78 is 2.31. The number of unbranched alkanes of at least 4 members (excludes halogenated alkanes) is 1. The van der Waals surface area contributed by atoms with Crippen molar-refractivity contribution in [1.82, 2.24) is 9.88 Å². The van der Waals surface area contributed by atoms with Crippen LogP contribution in [0.2, 0.25) is 0 Å². The van der Waals surface area contributed by atoms with Crippen LogP contribution in [-0.4, -0.2) is 17.2 Å². The van der Waals surface area contributed by atoms with E-state index in [1.165, 1.54) is 18.5 Å². The Morgan fingerprint density at radius 3 is 2.71 bits per heavy atom. The Morgan fingerprint density at radius 1 is 1.36 bits per heavy atom. The molecule has 80 valence electrons. The fraction of sp³-hybridized carbons (Fsp3) is 0.667. The van der Waals surface area contributed by atoms with E-state index < -0.39 is 0 Å². The highest BCUT2D eigenvalue weighted by atomic mass is 15.0. The lowest BCUT2D eigenvalue weighted by Crippen LogP contribution is -2.23. The van der Waals surface area contributed by atoms with Gasteiger partial charge in [-0.05, 0) is 38.4 Å². The van der Waals surface area contributed by atoms with Crippen molar-refractivity contribution in [3.8, 4) is 0 Å². The van der Waals surface area contributed by atoms with Crippen molar-refractivity contribution in [1.29, 1.82) is 0 Å². The second-order valence-electron chi connectivity index (χ2n) is 4.16. The summed E-state index contributed by atoms with van der Waals surface area (Å²) in [5.74, 6) is 0. The topological polar surface area (TPSA) is 17.0 Å². The molecule has 0 amide bonds. The standard InChI is InChI=1S/C12H22N2/c1-11(2)13-8-4-5-9-14-10-6-7-12(14)3/h6-7,10-11,13H,4-5,8-9H2,1-3H3. The SMILES string of the molecule is Cc1cccn1CCCCNC(C)C. The molecular formula is C12H22N2. The molecule has 0 bridgehead atoms. The highest BCUT2D eigenvalue weighted by Crippen LogP contribution is 2.02. The number of hydrogen-bond donors (Lipinski definition) is 1. The molecule has 0 radical (unpaired) electrons. The highest BCUT2D eigenvalue weighted by molar-refractivity contribution is 5.03. The van der Waals surface area contributed by atoms with Gasteiger partial charge in [-0.2, -0.15) is 0 Å². The number of aryl methyl sites for hydroxylation is 2. The Bertz CT molecular complexity index is 251. The van der Waals surface area contributed by atoms with Crippen molar-refractivity contribution in [3.05, 3.63) is 24.0 Å². The summed E-state index contributed by atoms with van der Waals surface area (Å²) in [6.07, 6.45) is 4.68. The van der Waals surface area contributed by atoms with Gasteiger partial charge in [0, 0.05) is 24.5 Å². The van der Waals surface area contributed by atoms with E-state index in [1.54, 1.807) is 0 Å². The first-order valence-electron chi connectivity index (χ1n) is 5.55. The van der Waals surface area contributed by atoms with Crippen molar-refractivity contribution in [2.45, 2.75) is 46.2 Å². The lowest BCUT2D eigenvalue weighted by Gasteiger charge is -2.08. The van der Waals surface area contributed by atoms with Gasteiger partial charge in [-0.25, -0.2) is 0 Å². The summed E-state index contributed by atoms with van der Waals surface area (Å²) >= 11 is 0. The van der Waals surface area contributed by atoms with E-state index >= 15 is 0 Å². The molecule has 2 nitrogen and oxygen atoms in total. The molecule has 1 aromatic heterocycles. The maximum absolute atomic E-state index is 3.43. The molecule has 0 unspecified atom stereocenters. The third-order valence-electron chi connectivity index (χ3n) is 2.43. The Morgan fingerprint density at radius 2 is 2.14 bits per heavy atom. The van der Waals surface area contributed by atoms with Gasteiger partial charge in [0.1, 0.15) is 0 Å². The van der Waals surface area contributed by atoms with E-state index in [0.29, 0.717) is 6.04 Å². The zero-order chi connectivity index (χ0) is 10.4. The van der Waals surface area contributed by atoms with Gasteiger partial charge in [0.25, 0.3) is 0 Å². The van der Waals surface area contributed by atoms with Crippen molar-refractivity contribution < 1.29 is 0 Å². The predicted octanol–water partition coefficient (Wildman–Crippen LogP) is 2.57. The normalized spacial score (nSPS) is 11.1. The van der Waals surface area contributed by atoms with Crippen LogP contribution in [0.1, 0.15) is 32.4 Å². The van der Waals surface area contributed by atoms with Crippen molar-refractivity contribution >= 4 is 0 Å². The maximum Gasteiger partial charge on any atom is 0.0222 e. The molecule has 0 aliphatic carbocycles. The maximum atomic E-state index is 3.43. The zero-order valence-corrected chi connectivity index (χ0v) is 9.59. The molecule has 0 aliphatic heterocycles. The molecule has 0 atom stereocenters. The fourth-order valence-electron chi connectivity index (χ4n) is 1.55.